The summed E-state index contributed by atoms with van der Waals surface area (Å²) in [6.07, 6.45) is 0.552. The molecule has 3 aromatic rings. The number of thioether (sulfide) groups is 1. The van der Waals surface area contributed by atoms with Crippen LogP contribution in [0, 0.1) is 5.92 Å². The fourth-order valence-electron chi connectivity index (χ4n) is 6.37. The predicted octanol–water partition coefficient (Wildman–Crippen LogP) is -0.180. The van der Waals surface area contributed by atoms with Gasteiger partial charge in [0.05, 0.1) is 19.1 Å². The van der Waals surface area contributed by atoms with Crippen LogP contribution in [0.3, 0.4) is 0 Å². The van der Waals surface area contributed by atoms with Crippen LogP contribution < -0.4 is 27.2 Å². The SMILES string of the molecule is COCCOc1nc(N)c2[nH]c(=O)n(Cc3ccc(CCC(=O)CCC(=O)N4CCN(C(=O)CCSCC(CC(=O)CCC(N)C(=O)O)C(=O)NCC(=O)O)CC4)cc3)c2n1. The summed E-state index contributed by atoms with van der Waals surface area (Å²) in [5.74, 6) is -4.20. The minimum atomic E-state index is -1.25. The molecule has 2 unspecified atom stereocenters. The van der Waals surface area contributed by atoms with Gasteiger partial charge in [0.15, 0.2) is 11.5 Å². The Morgan fingerprint density at radius 2 is 1.54 bits per heavy atom. The number of aromatic nitrogens is 4. The van der Waals surface area contributed by atoms with Crippen LogP contribution in [0.2, 0.25) is 0 Å². The van der Waals surface area contributed by atoms with Crippen LogP contribution in [0.15, 0.2) is 29.1 Å². The van der Waals surface area contributed by atoms with Gasteiger partial charge in [-0.3, -0.25) is 38.1 Å². The number of amides is 3. The maximum absolute atomic E-state index is 12.9. The van der Waals surface area contributed by atoms with Gasteiger partial charge in [0, 0.05) is 83.3 Å². The van der Waals surface area contributed by atoms with Crippen molar-refractivity contribution in [3.63, 3.8) is 0 Å². The Labute approximate surface area is 354 Å². The van der Waals surface area contributed by atoms with E-state index in [2.05, 4.69) is 20.3 Å². The second-order valence-corrected chi connectivity index (χ2v) is 15.6. The first-order chi connectivity index (χ1) is 29.1. The number of carbonyl (C=O) groups excluding carboxylic acids is 5. The van der Waals surface area contributed by atoms with Crippen LogP contribution in [0.4, 0.5) is 5.82 Å². The second-order valence-electron chi connectivity index (χ2n) is 14.4. The molecule has 61 heavy (non-hydrogen) atoms. The van der Waals surface area contributed by atoms with E-state index in [-0.39, 0.29) is 99.1 Å². The van der Waals surface area contributed by atoms with Crippen molar-refractivity contribution in [2.45, 2.75) is 64.0 Å². The van der Waals surface area contributed by atoms with Crippen LogP contribution in [0.5, 0.6) is 6.01 Å². The molecule has 1 saturated heterocycles. The summed E-state index contributed by atoms with van der Waals surface area (Å²) in [5.41, 5.74) is 13.4. The van der Waals surface area contributed by atoms with Crippen molar-refractivity contribution in [1.82, 2.24) is 34.6 Å². The molecule has 0 saturated carbocycles. The van der Waals surface area contributed by atoms with Crippen molar-refractivity contribution in [3.05, 3.63) is 45.9 Å². The molecule has 0 radical (unpaired) electrons. The molecule has 0 bridgehead atoms. The molecule has 1 aliphatic rings. The highest BCUT2D eigenvalue weighted by Crippen LogP contribution is 2.20. The lowest BCUT2D eigenvalue weighted by Gasteiger charge is -2.35. The third-order valence-electron chi connectivity index (χ3n) is 9.90. The zero-order chi connectivity index (χ0) is 44.5. The van der Waals surface area contributed by atoms with Gasteiger partial charge in [0.25, 0.3) is 0 Å². The molecule has 1 aliphatic heterocycles. The second kappa shape index (κ2) is 23.8. The number of rotatable bonds is 26. The van der Waals surface area contributed by atoms with Crippen LogP contribution in [-0.4, -0.2) is 151 Å². The first-order valence-electron chi connectivity index (χ1n) is 19.7. The number of H-pyrrole nitrogens is 1. The minimum absolute atomic E-state index is 0.0275. The van der Waals surface area contributed by atoms with Gasteiger partial charge in [0.2, 0.25) is 17.7 Å². The number of nitrogen functional groups attached to an aromatic ring is 1. The summed E-state index contributed by atoms with van der Waals surface area (Å²) >= 11 is 1.26. The highest BCUT2D eigenvalue weighted by molar-refractivity contribution is 7.99. The number of benzene rings is 1. The number of carbonyl (C=O) groups is 7. The van der Waals surface area contributed by atoms with Gasteiger partial charge in [-0.2, -0.15) is 21.7 Å². The number of Topliss-reactive ketones (excluding diaryl/α,β-unsaturated/α-hetero) is 2. The minimum Gasteiger partial charge on any atom is -0.480 e. The number of ether oxygens (including phenoxy) is 2. The van der Waals surface area contributed by atoms with Gasteiger partial charge in [-0.1, -0.05) is 24.3 Å². The number of nitrogens with one attached hydrogen (secondary N) is 2. The van der Waals surface area contributed by atoms with Gasteiger partial charge in [-0.05, 0) is 24.0 Å². The van der Waals surface area contributed by atoms with Crippen molar-refractivity contribution in [3.8, 4) is 6.01 Å². The summed E-state index contributed by atoms with van der Waals surface area (Å²) in [7, 11) is 1.54. The van der Waals surface area contributed by atoms with Gasteiger partial charge < -0.3 is 51.3 Å². The number of nitrogens with zero attached hydrogens (tertiary/aromatic N) is 5. The Hall–Kier alpha value is -5.87. The molecule has 0 spiro atoms. The van der Waals surface area contributed by atoms with E-state index in [1.807, 2.05) is 24.3 Å². The summed E-state index contributed by atoms with van der Waals surface area (Å²) in [5, 5.41) is 20.1. The summed E-state index contributed by atoms with van der Waals surface area (Å²) in [6, 6.07) is 6.29. The number of anilines is 1. The van der Waals surface area contributed by atoms with Crippen LogP contribution in [0.1, 0.15) is 56.1 Å². The molecule has 8 N–H and O–H groups in total. The average Bonchev–Trinajstić information content (AvgIpc) is 3.55. The lowest BCUT2D eigenvalue weighted by molar-refractivity contribution is -0.139. The number of nitrogens with two attached hydrogens (primary N) is 2. The van der Waals surface area contributed by atoms with Crippen molar-refractivity contribution in [1.29, 1.82) is 0 Å². The third kappa shape index (κ3) is 15.3. The number of ketones is 2. The van der Waals surface area contributed by atoms with E-state index in [4.69, 9.17) is 31.2 Å². The van der Waals surface area contributed by atoms with Gasteiger partial charge in [0.1, 0.15) is 36.3 Å². The van der Waals surface area contributed by atoms with E-state index in [9.17, 15) is 38.4 Å². The van der Waals surface area contributed by atoms with Crippen molar-refractivity contribution in [2.24, 2.45) is 11.7 Å². The lowest BCUT2D eigenvalue weighted by atomic mass is 9.99. The van der Waals surface area contributed by atoms with E-state index in [0.29, 0.717) is 56.1 Å². The first-order valence-corrected chi connectivity index (χ1v) is 20.9. The topological polar surface area (TPSA) is 313 Å². The molecular weight excluding hydrogens is 819 g/mol. The number of aryl methyl sites for hydroxylation is 1. The van der Waals surface area contributed by atoms with E-state index in [1.54, 1.807) is 9.80 Å². The van der Waals surface area contributed by atoms with Crippen molar-refractivity contribution >= 4 is 70.0 Å². The number of methoxy groups -OCH3 is 1. The number of hydrogen-bond donors (Lipinski definition) is 6. The molecule has 21 nitrogen and oxygen atoms in total. The molecule has 2 aromatic heterocycles. The third-order valence-corrected chi connectivity index (χ3v) is 11.0. The zero-order valence-corrected chi connectivity index (χ0v) is 34.8. The Balaban J connectivity index is 1.14. The van der Waals surface area contributed by atoms with Crippen LogP contribution in [0.25, 0.3) is 11.2 Å². The number of hydrogen-bond acceptors (Lipinski definition) is 15. The molecule has 3 amide bonds. The molecule has 332 valence electrons. The number of aliphatic carboxylic acids is 2. The number of aromatic amines is 1. The highest BCUT2D eigenvalue weighted by Gasteiger charge is 2.26. The largest absolute Gasteiger partial charge is 0.480 e. The molecule has 2 atom stereocenters. The Bertz CT molecular complexity index is 2080. The maximum Gasteiger partial charge on any atom is 0.328 e. The molecule has 1 fully saturated rings. The first kappa shape index (κ1) is 47.8. The smallest absolute Gasteiger partial charge is 0.328 e. The Morgan fingerprint density at radius 1 is 0.885 bits per heavy atom. The number of imidazole rings is 1. The summed E-state index contributed by atoms with van der Waals surface area (Å²) in [4.78, 5) is 113. The Kier molecular flexibility index (Phi) is 18.6. The normalized spacial score (nSPS) is 13.7. The molecule has 4 rings (SSSR count). The van der Waals surface area contributed by atoms with E-state index < -0.39 is 42.0 Å². The zero-order valence-electron chi connectivity index (χ0n) is 34.0. The quantitative estimate of drug-likeness (QED) is 0.0570. The van der Waals surface area contributed by atoms with Crippen molar-refractivity contribution < 1.29 is 53.2 Å². The molecule has 0 aliphatic carbocycles. The number of carboxylic acid groups (broad SMARTS) is 2. The van der Waals surface area contributed by atoms with Gasteiger partial charge in [-0.15, -0.1) is 0 Å². The fraction of sp³-hybridized carbons (Fsp3) is 0.538. The average molecular weight is 872 g/mol. The molecular formula is C39H53N9O12S. The van der Waals surface area contributed by atoms with Crippen molar-refractivity contribution in [2.75, 3.05) is 70.3 Å². The highest BCUT2D eigenvalue weighted by atomic mass is 32.2. The molecule has 22 heteroatoms. The maximum atomic E-state index is 12.9. The molecule has 3 heterocycles. The monoisotopic (exact) mass is 871 g/mol. The Morgan fingerprint density at radius 3 is 2.18 bits per heavy atom. The predicted molar refractivity (Wildman–Crippen MR) is 222 cm³/mol. The van der Waals surface area contributed by atoms with Crippen LogP contribution in [-0.2, 0) is 51.3 Å². The number of carboxylic acids is 2. The van der Waals surface area contributed by atoms with Gasteiger partial charge >= 0.3 is 23.6 Å². The molecule has 1 aromatic carbocycles. The van der Waals surface area contributed by atoms with E-state index in [0.717, 1.165) is 11.1 Å². The summed E-state index contributed by atoms with van der Waals surface area (Å²) in [6.45, 7) is 1.43. The number of piperazine rings is 1. The van der Waals surface area contributed by atoms with E-state index in [1.165, 1.54) is 23.4 Å². The van der Waals surface area contributed by atoms with Gasteiger partial charge in [-0.25, -0.2) is 4.79 Å². The van der Waals surface area contributed by atoms with Crippen LogP contribution >= 0.6 is 11.8 Å². The lowest BCUT2D eigenvalue weighted by Crippen LogP contribution is -2.50. The standard InChI is InChI=1S/C39H53N9O12S/c1-59-17-18-60-38-44-34(41)33-35(45-38)48(39(58)43-33)22-25-4-2-24(3-5-25)6-7-27(49)9-11-30(51)46-13-15-47(16-14-46)31(52)12-19-61-23-26(36(55)42-21-32(53)54)20-28(50)8-10-29(40)37(56)57/h2-5,26,29H,6-23,40H2,1H3,(H,42,55)(H,43,58)(H,53,54)(H,56,57)(H2,41,44,45). The van der Waals surface area contributed by atoms with E-state index >= 15 is 0 Å². The summed E-state index contributed by atoms with van der Waals surface area (Å²) < 4.78 is 11.9. The number of fused-ring (bicyclic) bond motifs is 1. The fourth-order valence-corrected chi connectivity index (χ4v) is 7.40.